The summed E-state index contributed by atoms with van der Waals surface area (Å²) < 4.78 is 66.9. The SMILES string of the molecule is NC(=O)N(N=S=O)S(=O)(=O)C(F)(F)F. The highest BCUT2D eigenvalue weighted by molar-refractivity contribution is 7.90. The first-order valence-electron chi connectivity index (χ1n) is 2.55. The van der Waals surface area contributed by atoms with Gasteiger partial charge in [-0.2, -0.15) is 25.8 Å². The van der Waals surface area contributed by atoms with Gasteiger partial charge in [0.1, 0.15) is 0 Å². The number of primary amides is 1. The molecule has 0 fully saturated rings. The van der Waals surface area contributed by atoms with Crippen LogP contribution >= 0.6 is 0 Å². The molecule has 0 aliphatic heterocycles. The molecule has 0 spiro atoms. The van der Waals surface area contributed by atoms with Crippen LogP contribution in [0.3, 0.4) is 0 Å². The van der Waals surface area contributed by atoms with Gasteiger partial charge in [0.15, 0.2) is 0 Å². The fraction of sp³-hybridized carbons (Fsp3) is 0.500. The molecule has 0 aromatic heterocycles. The quantitative estimate of drug-likeness (QED) is 0.670. The van der Waals surface area contributed by atoms with E-state index in [-0.39, 0.29) is 0 Å². The molecule has 2 N–H and O–H groups in total. The minimum atomic E-state index is -6.03. The normalized spacial score (nSPS) is 11.9. The van der Waals surface area contributed by atoms with E-state index in [1.54, 1.807) is 0 Å². The van der Waals surface area contributed by atoms with Gasteiger partial charge in [-0.25, -0.2) is 4.79 Å². The molecule has 0 saturated carbocycles. The second-order valence-corrected chi connectivity index (χ2v) is 3.76. The summed E-state index contributed by atoms with van der Waals surface area (Å²) in [6.07, 6.45) is 0. The molecule has 0 radical (unpaired) electrons. The van der Waals surface area contributed by atoms with Gasteiger partial charge in [0.25, 0.3) is 0 Å². The van der Waals surface area contributed by atoms with Crippen molar-refractivity contribution in [2.75, 3.05) is 0 Å². The average molecular weight is 253 g/mol. The average Bonchev–Trinajstić information content (AvgIpc) is 1.96. The van der Waals surface area contributed by atoms with Crippen molar-refractivity contribution < 1.29 is 30.6 Å². The lowest BCUT2D eigenvalue weighted by Gasteiger charge is -2.13. The number of amides is 2. The second kappa shape index (κ2) is 3.91. The molecule has 0 aromatic rings. The van der Waals surface area contributed by atoms with Crippen LogP contribution in [-0.4, -0.2) is 28.6 Å². The molecule has 0 aliphatic carbocycles. The maximum absolute atomic E-state index is 11.8. The summed E-state index contributed by atoms with van der Waals surface area (Å²) in [5.74, 6) is 0. The van der Waals surface area contributed by atoms with Crippen LogP contribution in [0.2, 0.25) is 0 Å². The zero-order valence-electron chi connectivity index (χ0n) is 6.06. The Morgan fingerprint density at radius 2 is 1.86 bits per heavy atom. The van der Waals surface area contributed by atoms with Crippen molar-refractivity contribution in [1.82, 2.24) is 4.41 Å². The molecule has 82 valence electrons. The molecule has 0 heterocycles. The molecule has 0 unspecified atom stereocenters. The van der Waals surface area contributed by atoms with Crippen LogP contribution in [0.15, 0.2) is 4.47 Å². The number of alkyl halides is 3. The highest BCUT2D eigenvalue weighted by Crippen LogP contribution is 2.26. The number of halogens is 3. The van der Waals surface area contributed by atoms with Gasteiger partial charge in [0, 0.05) is 0 Å². The van der Waals surface area contributed by atoms with Gasteiger partial charge < -0.3 is 5.73 Å². The van der Waals surface area contributed by atoms with E-state index in [9.17, 15) is 30.6 Å². The number of sulfonamides is 1. The highest BCUT2D eigenvalue weighted by Gasteiger charge is 2.52. The lowest BCUT2D eigenvalue weighted by atomic mass is 11.2. The molecule has 7 nitrogen and oxygen atoms in total. The molecule has 14 heavy (non-hydrogen) atoms. The van der Waals surface area contributed by atoms with E-state index in [4.69, 9.17) is 0 Å². The van der Waals surface area contributed by atoms with Crippen LogP contribution in [-0.2, 0) is 21.5 Å². The van der Waals surface area contributed by atoms with E-state index >= 15 is 0 Å². The largest absolute Gasteiger partial charge is 0.518 e. The topological polar surface area (TPSA) is 110 Å². The Kier molecular flexibility index (Phi) is 3.59. The fourth-order valence-corrected chi connectivity index (χ4v) is 1.34. The van der Waals surface area contributed by atoms with Crippen molar-refractivity contribution >= 4 is 27.5 Å². The van der Waals surface area contributed by atoms with Gasteiger partial charge in [0.2, 0.25) is 11.5 Å². The maximum atomic E-state index is 11.8. The number of carbonyl (C=O) groups is 1. The first kappa shape index (κ1) is 12.8. The second-order valence-electron chi connectivity index (χ2n) is 1.69. The van der Waals surface area contributed by atoms with E-state index < -0.39 is 37.4 Å². The summed E-state index contributed by atoms with van der Waals surface area (Å²) in [4.78, 5) is 10.2. The molecule has 0 saturated heterocycles. The van der Waals surface area contributed by atoms with Crippen LogP contribution < -0.4 is 5.73 Å². The number of urea groups is 1. The summed E-state index contributed by atoms with van der Waals surface area (Å²) >= 11 is -0.898. The molecule has 0 bridgehead atoms. The maximum Gasteiger partial charge on any atom is 0.518 e. The van der Waals surface area contributed by atoms with Gasteiger partial charge in [-0.1, -0.05) is 8.89 Å². The molecule has 0 aromatic carbocycles. The molecule has 0 aliphatic rings. The summed E-state index contributed by atoms with van der Waals surface area (Å²) in [5.41, 5.74) is -1.48. The van der Waals surface area contributed by atoms with Gasteiger partial charge in [0.05, 0.1) is 0 Å². The van der Waals surface area contributed by atoms with Gasteiger partial charge in [-0.3, -0.25) is 0 Å². The third-order valence-electron chi connectivity index (χ3n) is 0.816. The van der Waals surface area contributed by atoms with E-state index in [1.165, 1.54) is 0 Å². The number of hydrogen-bond acceptors (Lipinski definition) is 5. The summed E-state index contributed by atoms with van der Waals surface area (Å²) in [6, 6.07) is -2.02. The molecule has 0 atom stereocenters. The van der Waals surface area contributed by atoms with Crippen molar-refractivity contribution in [3.63, 3.8) is 0 Å². The van der Waals surface area contributed by atoms with Crippen molar-refractivity contribution in [3.8, 4) is 0 Å². The minimum Gasteiger partial charge on any atom is -0.349 e. The van der Waals surface area contributed by atoms with Crippen LogP contribution in [0.4, 0.5) is 18.0 Å². The number of nitrogens with zero attached hydrogens (tertiary/aromatic N) is 2. The van der Waals surface area contributed by atoms with Crippen molar-refractivity contribution in [2.45, 2.75) is 5.51 Å². The van der Waals surface area contributed by atoms with Gasteiger partial charge >= 0.3 is 21.6 Å². The zero-order valence-corrected chi connectivity index (χ0v) is 7.69. The first-order chi connectivity index (χ1) is 6.14. The third-order valence-corrected chi connectivity index (χ3v) is 2.45. The lowest BCUT2D eigenvalue weighted by molar-refractivity contribution is -0.0476. The van der Waals surface area contributed by atoms with E-state index in [2.05, 4.69) is 10.2 Å². The molecular weight excluding hydrogens is 251 g/mol. The molecule has 12 heteroatoms. The summed E-state index contributed by atoms with van der Waals surface area (Å²) in [7, 11) is -6.03. The smallest absolute Gasteiger partial charge is 0.349 e. The van der Waals surface area contributed by atoms with Crippen molar-refractivity contribution in [1.29, 1.82) is 0 Å². The predicted molar refractivity (Wildman–Crippen MR) is 37.0 cm³/mol. The monoisotopic (exact) mass is 253 g/mol. The van der Waals surface area contributed by atoms with E-state index in [0.29, 0.717) is 0 Å². The van der Waals surface area contributed by atoms with Crippen molar-refractivity contribution in [2.24, 2.45) is 10.2 Å². The summed E-state index contributed by atoms with van der Waals surface area (Å²) in [5, 5.41) is 0. The molecule has 0 rings (SSSR count). The van der Waals surface area contributed by atoms with Crippen molar-refractivity contribution in [3.05, 3.63) is 0 Å². The highest BCUT2D eigenvalue weighted by atomic mass is 32.2. The van der Waals surface area contributed by atoms with Crippen LogP contribution in [0, 0.1) is 0 Å². The molecule has 2 amide bonds. The van der Waals surface area contributed by atoms with Crippen LogP contribution in [0.25, 0.3) is 0 Å². The Labute approximate surface area is 78.9 Å². The summed E-state index contributed by atoms with van der Waals surface area (Å²) in [6.45, 7) is 0. The Morgan fingerprint density at radius 3 is 2.07 bits per heavy atom. The number of rotatable bonds is 2. The zero-order chi connectivity index (χ0) is 11.6. The van der Waals surface area contributed by atoms with Crippen LogP contribution in [0.5, 0.6) is 0 Å². The number of carbonyl (C=O) groups excluding carboxylic acids is 1. The van der Waals surface area contributed by atoms with Gasteiger partial charge in [-0.05, 0) is 0 Å². The van der Waals surface area contributed by atoms with Gasteiger partial charge in [-0.15, -0.1) is 0 Å². The standard InChI is InChI=1S/C2H2F3N3O4S2/c3-2(4,5)14(11,12)8(1(6)9)7-13-10/h(H2,6,9). The number of hydrogen-bond donors (Lipinski definition) is 1. The Balaban J connectivity index is 5.45. The lowest BCUT2D eigenvalue weighted by Crippen LogP contribution is -2.43. The molecular formula is C2H2F3N3O4S2. The van der Waals surface area contributed by atoms with E-state index in [0.717, 1.165) is 0 Å². The third kappa shape index (κ3) is 2.41. The van der Waals surface area contributed by atoms with Crippen LogP contribution in [0.1, 0.15) is 0 Å². The predicted octanol–water partition coefficient (Wildman–Crippen LogP) is -0.472. The Hall–Kier alpha value is -1.17. The Morgan fingerprint density at radius 1 is 1.43 bits per heavy atom. The van der Waals surface area contributed by atoms with E-state index in [1.807, 2.05) is 0 Å². The number of nitrogens with two attached hydrogens (primary N) is 1. The fourth-order valence-electron chi connectivity index (χ4n) is 0.331. The minimum absolute atomic E-state index is 0.898. The first-order valence-corrected chi connectivity index (χ1v) is 4.69. The Bertz CT molecular complexity index is 379.